The average Bonchev–Trinajstić information content (AvgIpc) is 3.31. The van der Waals surface area contributed by atoms with Gasteiger partial charge in [0.2, 0.25) is 15.9 Å². The minimum atomic E-state index is -3.38. The van der Waals surface area contributed by atoms with Gasteiger partial charge >= 0.3 is 0 Å². The number of hydrogen-bond acceptors (Lipinski definition) is 5. The molecule has 1 aliphatic heterocycles. The summed E-state index contributed by atoms with van der Waals surface area (Å²) in [6.07, 6.45) is 1.96. The Morgan fingerprint density at radius 2 is 2.00 bits per heavy atom. The first-order valence-corrected chi connectivity index (χ1v) is 11.1. The lowest BCUT2D eigenvalue weighted by molar-refractivity contribution is -0.126. The summed E-state index contributed by atoms with van der Waals surface area (Å²) in [5.74, 6) is -0.552. The van der Waals surface area contributed by atoms with Crippen LogP contribution in [0.15, 0.2) is 47.1 Å². The topological polar surface area (TPSA) is 109 Å². The largest absolute Gasteiger partial charge is 0.459 e. The van der Waals surface area contributed by atoms with Gasteiger partial charge in [0.15, 0.2) is 5.76 Å². The number of amides is 2. The lowest BCUT2D eigenvalue weighted by atomic mass is 10.0. The number of carbonyl (C=O) groups excluding carboxylic acids is 2. The van der Waals surface area contributed by atoms with E-state index in [0.717, 1.165) is 5.56 Å². The Morgan fingerprint density at radius 1 is 1.21 bits per heavy atom. The van der Waals surface area contributed by atoms with Gasteiger partial charge < -0.3 is 15.1 Å². The second-order valence-corrected chi connectivity index (χ2v) is 9.36. The Hall–Kier alpha value is -2.65. The zero-order valence-electron chi connectivity index (χ0n) is 16.4. The van der Waals surface area contributed by atoms with E-state index in [2.05, 4.69) is 10.6 Å². The van der Waals surface area contributed by atoms with Crippen LogP contribution in [0.5, 0.6) is 0 Å². The van der Waals surface area contributed by atoms with E-state index in [1.807, 2.05) is 19.9 Å². The molecule has 1 aromatic heterocycles. The number of anilines is 1. The first kappa shape index (κ1) is 21.1. The molecule has 1 aromatic carbocycles. The Bertz CT molecular complexity index is 970. The second-order valence-electron chi connectivity index (χ2n) is 7.32. The molecule has 8 nitrogen and oxygen atoms in total. The van der Waals surface area contributed by atoms with Crippen LogP contribution in [-0.2, 0) is 21.4 Å². The molecule has 2 N–H and O–H groups in total. The van der Waals surface area contributed by atoms with Gasteiger partial charge in [-0.2, -0.15) is 4.31 Å². The van der Waals surface area contributed by atoms with Crippen molar-refractivity contribution in [2.75, 3.05) is 17.6 Å². The van der Waals surface area contributed by atoms with Gasteiger partial charge in [-0.15, -0.1) is 0 Å². The van der Waals surface area contributed by atoms with Crippen molar-refractivity contribution in [2.24, 2.45) is 5.92 Å². The Labute approximate surface area is 170 Å². The third kappa shape index (κ3) is 5.04. The molecule has 2 aromatic rings. The molecule has 0 radical (unpaired) electrons. The highest BCUT2D eigenvalue weighted by atomic mass is 32.2. The molecule has 9 heteroatoms. The van der Waals surface area contributed by atoms with E-state index in [9.17, 15) is 18.0 Å². The van der Waals surface area contributed by atoms with E-state index in [1.54, 1.807) is 30.3 Å². The van der Waals surface area contributed by atoms with E-state index in [1.165, 1.54) is 10.6 Å². The number of hydrogen-bond donors (Lipinski definition) is 2. The maximum absolute atomic E-state index is 12.8. The van der Waals surface area contributed by atoms with Crippen molar-refractivity contribution in [3.8, 4) is 0 Å². The van der Waals surface area contributed by atoms with Gasteiger partial charge in [-0.25, -0.2) is 8.42 Å². The minimum absolute atomic E-state index is 0.0842. The smallest absolute Gasteiger partial charge is 0.291 e. The summed E-state index contributed by atoms with van der Waals surface area (Å²) in [6, 6.07) is 9.54. The first-order valence-electron chi connectivity index (χ1n) is 9.49. The van der Waals surface area contributed by atoms with E-state index in [-0.39, 0.29) is 35.8 Å². The van der Waals surface area contributed by atoms with Gasteiger partial charge in [-0.05, 0) is 42.2 Å². The number of nitrogens with one attached hydrogen (secondary N) is 2. The number of sulfonamides is 1. The predicted octanol–water partition coefficient (Wildman–Crippen LogP) is 2.21. The summed E-state index contributed by atoms with van der Waals surface area (Å²) in [6.45, 7) is 4.26. The van der Waals surface area contributed by atoms with Crippen LogP contribution in [0.3, 0.4) is 0 Å². The van der Waals surface area contributed by atoms with E-state index >= 15 is 0 Å². The third-order valence-electron chi connectivity index (χ3n) is 4.75. The van der Waals surface area contributed by atoms with Crippen molar-refractivity contribution in [1.82, 2.24) is 9.62 Å². The Balaban J connectivity index is 1.64. The SMILES string of the molecule is CC(C)[C@@H](C(=O)NCc1cccc(NC(=O)c2ccco2)c1)N1CCCS1(=O)=O. The molecule has 2 heterocycles. The molecule has 156 valence electrons. The van der Waals surface area contributed by atoms with Crippen LogP contribution in [0.1, 0.15) is 36.4 Å². The van der Waals surface area contributed by atoms with Crippen LogP contribution in [-0.4, -0.2) is 42.9 Å². The van der Waals surface area contributed by atoms with Gasteiger partial charge in [0.1, 0.15) is 6.04 Å². The first-order chi connectivity index (χ1) is 13.8. The summed E-state index contributed by atoms with van der Waals surface area (Å²) in [5.41, 5.74) is 1.35. The Kier molecular flexibility index (Phi) is 6.39. The van der Waals surface area contributed by atoms with Crippen molar-refractivity contribution < 1.29 is 22.4 Å². The second kappa shape index (κ2) is 8.79. The quantitative estimate of drug-likeness (QED) is 0.715. The van der Waals surface area contributed by atoms with Crippen molar-refractivity contribution in [3.05, 3.63) is 54.0 Å². The molecule has 0 bridgehead atoms. The maximum Gasteiger partial charge on any atom is 0.291 e. The molecule has 1 aliphatic rings. The molecule has 29 heavy (non-hydrogen) atoms. The average molecular weight is 420 g/mol. The van der Waals surface area contributed by atoms with Crippen molar-refractivity contribution >= 4 is 27.5 Å². The minimum Gasteiger partial charge on any atom is -0.459 e. The van der Waals surface area contributed by atoms with Gasteiger partial charge in [0.05, 0.1) is 12.0 Å². The maximum atomic E-state index is 12.8. The summed E-state index contributed by atoms with van der Waals surface area (Å²) >= 11 is 0. The zero-order chi connectivity index (χ0) is 21.0. The Morgan fingerprint density at radius 3 is 2.62 bits per heavy atom. The number of benzene rings is 1. The van der Waals surface area contributed by atoms with Gasteiger partial charge in [0.25, 0.3) is 5.91 Å². The van der Waals surface area contributed by atoms with E-state index in [0.29, 0.717) is 18.7 Å². The van der Waals surface area contributed by atoms with Crippen LogP contribution in [0, 0.1) is 5.92 Å². The van der Waals surface area contributed by atoms with Gasteiger partial charge in [-0.1, -0.05) is 26.0 Å². The number of rotatable bonds is 7. The van der Waals surface area contributed by atoms with Crippen LogP contribution in [0.2, 0.25) is 0 Å². The highest BCUT2D eigenvalue weighted by Crippen LogP contribution is 2.22. The molecule has 1 saturated heterocycles. The highest BCUT2D eigenvalue weighted by Gasteiger charge is 2.39. The monoisotopic (exact) mass is 419 g/mol. The van der Waals surface area contributed by atoms with Crippen molar-refractivity contribution in [3.63, 3.8) is 0 Å². The number of carbonyl (C=O) groups is 2. The summed E-state index contributed by atoms with van der Waals surface area (Å²) in [4.78, 5) is 24.8. The standard InChI is InChI=1S/C20H25N3O5S/c1-14(2)18(23-9-5-11-29(23,26)27)20(25)21-13-15-6-3-7-16(12-15)22-19(24)17-8-4-10-28-17/h3-4,6-8,10,12,14,18H,5,9,11,13H2,1-2H3,(H,21,25)(H,22,24)/t18-/m0/s1. The molecular formula is C20H25N3O5S. The molecular weight excluding hydrogens is 394 g/mol. The number of nitrogens with zero attached hydrogens (tertiary/aromatic N) is 1. The lowest BCUT2D eigenvalue weighted by Crippen LogP contribution is -2.50. The molecule has 0 unspecified atom stereocenters. The third-order valence-corrected chi connectivity index (χ3v) is 6.67. The van der Waals surface area contributed by atoms with Crippen LogP contribution in [0.4, 0.5) is 5.69 Å². The molecule has 0 spiro atoms. The fourth-order valence-electron chi connectivity index (χ4n) is 3.39. The fraction of sp³-hybridized carbons (Fsp3) is 0.400. The normalized spacial score (nSPS) is 17.2. The van der Waals surface area contributed by atoms with Crippen molar-refractivity contribution in [1.29, 1.82) is 0 Å². The number of furan rings is 1. The van der Waals surface area contributed by atoms with Gasteiger partial charge in [0, 0.05) is 18.8 Å². The molecule has 2 amide bonds. The summed E-state index contributed by atoms with van der Waals surface area (Å²) in [5, 5.41) is 5.56. The molecule has 3 rings (SSSR count). The fourth-order valence-corrected chi connectivity index (χ4v) is 5.21. The van der Waals surface area contributed by atoms with E-state index < -0.39 is 16.1 Å². The molecule has 0 saturated carbocycles. The lowest BCUT2D eigenvalue weighted by Gasteiger charge is -2.28. The molecule has 1 atom stereocenters. The van der Waals surface area contributed by atoms with E-state index in [4.69, 9.17) is 4.42 Å². The molecule has 0 aliphatic carbocycles. The van der Waals surface area contributed by atoms with Crippen LogP contribution < -0.4 is 10.6 Å². The molecule has 1 fully saturated rings. The summed E-state index contributed by atoms with van der Waals surface area (Å²) < 4.78 is 30.8. The van der Waals surface area contributed by atoms with Crippen molar-refractivity contribution in [2.45, 2.75) is 32.9 Å². The highest BCUT2D eigenvalue weighted by molar-refractivity contribution is 7.89. The predicted molar refractivity (Wildman–Crippen MR) is 109 cm³/mol. The van der Waals surface area contributed by atoms with Crippen LogP contribution in [0.25, 0.3) is 0 Å². The zero-order valence-corrected chi connectivity index (χ0v) is 17.2. The van der Waals surface area contributed by atoms with Gasteiger partial charge in [-0.3, -0.25) is 9.59 Å². The van der Waals surface area contributed by atoms with Crippen LogP contribution >= 0.6 is 0 Å². The summed E-state index contributed by atoms with van der Waals surface area (Å²) in [7, 11) is -3.38.